The second-order valence-electron chi connectivity index (χ2n) is 9.36. The van der Waals surface area contributed by atoms with Crippen LogP contribution in [0.5, 0.6) is 5.75 Å². The van der Waals surface area contributed by atoms with Crippen LogP contribution in [0.4, 0.5) is 11.5 Å². The Morgan fingerprint density at radius 3 is 2.54 bits per heavy atom. The van der Waals surface area contributed by atoms with Crippen LogP contribution in [0, 0.1) is 13.8 Å². The molecule has 186 valence electrons. The van der Waals surface area contributed by atoms with Crippen molar-refractivity contribution in [1.29, 1.82) is 0 Å². The fraction of sp³-hybridized carbons (Fsp3) is 0.444. The third-order valence-corrected chi connectivity index (χ3v) is 6.69. The number of benzene rings is 2. The van der Waals surface area contributed by atoms with E-state index < -0.39 is 0 Å². The molecule has 1 saturated heterocycles. The number of amides is 1. The molecule has 0 unspecified atom stereocenters. The molecular formula is C27H35N5O3. The zero-order valence-corrected chi connectivity index (χ0v) is 21.2. The maximum atomic E-state index is 12.2. The summed E-state index contributed by atoms with van der Waals surface area (Å²) in [6, 6.07) is 10.3. The highest BCUT2D eigenvalue weighted by atomic mass is 16.5. The Morgan fingerprint density at radius 2 is 1.89 bits per heavy atom. The van der Waals surface area contributed by atoms with Gasteiger partial charge in [0.2, 0.25) is 5.91 Å². The third-order valence-electron chi connectivity index (χ3n) is 6.69. The van der Waals surface area contributed by atoms with Crippen LogP contribution >= 0.6 is 0 Å². The Morgan fingerprint density at radius 1 is 1.14 bits per heavy atom. The van der Waals surface area contributed by atoms with E-state index in [-0.39, 0.29) is 24.5 Å². The molecule has 2 heterocycles. The maximum absolute atomic E-state index is 12.2. The number of hydrogen-bond donors (Lipinski definition) is 2. The second kappa shape index (κ2) is 10.5. The summed E-state index contributed by atoms with van der Waals surface area (Å²) in [5, 5.41) is 4.54. The lowest BCUT2D eigenvalue weighted by Crippen LogP contribution is -2.39. The largest absolute Gasteiger partial charge is 0.496 e. The Kier molecular flexibility index (Phi) is 7.40. The lowest BCUT2D eigenvalue weighted by Gasteiger charge is -2.33. The van der Waals surface area contributed by atoms with Gasteiger partial charge in [0.25, 0.3) is 0 Å². The Bertz CT molecular complexity index is 1200. The Labute approximate surface area is 206 Å². The van der Waals surface area contributed by atoms with Crippen LogP contribution in [-0.2, 0) is 9.53 Å². The summed E-state index contributed by atoms with van der Waals surface area (Å²) in [7, 11) is 3.24. The molecule has 1 aromatic heterocycles. The van der Waals surface area contributed by atoms with Crippen LogP contribution in [0.15, 0.2) is 30.3 Å². The van der Waals surface area contributed by atoms with Gasteiger partial charge in [-0.05, 0) is 74.4 Å². The van der Waals surface area contributed by atoms with Gasteiger partial charge in [-0.3, -0.25) is 4.79 Å². The average molecular weight is 478 g/mol. The van der Waals surface area contributed by atoms with Gasteiger partial charge in [-0.15, -0.1) is 0 Å². The number of methoxy groups -OCH3 is 2. The van der Waals surface area contributed by atoms with Gasteiger partial charge in [-0.25, -0.2) is 9.97 Å². The predicted molar refractivity (Wildman–Crippen MR) is 139 cm³/mol. The summed E-state index contributed by atoms with van der Waals surface area (Å²) in [4.78, 5) is 23.5. The number of nitrogens with two attached hydrogens (primary N) is 1. The van der Waals surface area contributed by atoms with E-state index in [0.29, 0.717) is 18.9 Å². The Hall–Kier alpha value is -3.39. The standard InChI is InChI=1S/C27H35N5O3/c1-16-10-20(12-21(28)11-16)17(2)29-27-23-13-22(25(35-5)14-24(23)30-18(3)31-27)19-6-8-32(9-7-19)26(33)15-34-4/h10-14,17,19H,6-9,15,28H2,1-5H3,(H,29,30,31)/t17-/m1/s1. The lowest BCUT2D eigenvalue weighted by atomic mass is 9.88. The molecule has 8 nitrogen and oxygen atoms in total. The molecular weight excluding hydrogens is 442 g/mol. The molecule has 1 fully saturated rings. The van der Waals surface area contributed by atoms with Crippen LogP contribution in [0.2, 0.25) is 0 Å². The van der Waals surface area contributed by atoms with E-state index in [9.17, 15) is 4.79 Å². The first-order valence-corrected chi connectivity index (χ1v) is 12.1. The quantitative estimate of drug-likeness (QED) is 0.487. The van der Waals surface area contributed by atoms with Crippen molar-refractivity contribution in [2.45, 2.75) is 45.6 Å². The van der Waals surface area contributed by atoms with Crippen LogP contribution in [0.3, 0.4) is 0 Å². The summed E-state index contributed by atoms with van der Waals surface area (Å²) in [6.45, 7) is 7.58. The molecule has 0 radical (unpaired) electrons. The minimum atomic E-state index is 0.00953. The number of aryl methyl sites for hydroxylation is 2. The highest BCUT2D eigenvalue weighted by molar-refractivity contribution is 5.91. The minimum absolute atomic E-state index is 0.00953. The number of fused-ring (bicyclic) bond motifs is 1. The van der Waals surface area contributed by atoms with Crippen molar-refractivity contribution >= 4 is 28.3 Å². The van der Waals surface area contributed by atoms with Gasteiger partial charge in [-0.2, -0.15) is 0 Å². The molecule has 8 heteroatoms. The molecule has 3 N–H and O–H groups in total. The number of likely N-dealkylation sites (tertiary alicyclic amines) is 1. The molecule has 0 spiro atoms. The van der Waals surface area contributed by atoms with Gasteiger partial charge < -0.3 is 25.4 Å². The number of nitrogens with zero attached hydrogens (tertiary/aromatic N) is 3. The molecule has 2 aromatic carbocycles. The van der Waals surface area contributed by atoms with E-state index in [4.69, 9.17) is 20.2 Å². The zero-order valence-electron chi connectivity index (χ0n) is 21.2. The first kappa shape index (κ1) is 24.7. The summed E-state index contributed by atoms with van der Waals surface area (Å²) < 4.78 is 10.8. The maximum Gasteiger partial charge on any atom is 0.248 e. The molecule has 35 heavy (non-hydrogen) atoms. The summed E-state index contributed by atoms with van der Waals surface area (Å²) in [6.07, 6.45) is 1.73. The highest BCUT2D eigenvalue weighted by Gasteiger charge is 2.26. The predicted octanol–water partition coefficient (Wildman–Crippen LogP) is 4.36. The summed E-state index contributed by atoms with van der Waals surface area (Å²) >= 11 is 0. The van der Waals surface area contributed by atoms with Crippen molar-refractivity contribution in [3.05, 3.63) is 52.8 Å². The van der Waals surface area contributed by atoms with E-state index in [1.807, 2.05) is 36.9 Å². The van der Waals surface area contributed by atoms with Crippen molar-refractivity contribution in [2.24, 2.45) is 0 Å². The number of anilines is 2. The van der Waals surface area contributed by atoms with Crippen molar-refractivity contribution in [2.75, 3.05) is 45.0 Å². The molecule has 4 rings (SSSR count). The van der Waals surface area contributed by atoms with Gasteiger partial charge in [0, 0.05) is 37.3 Å². The molecule has 1 aliphatic heterocycles. The number of nitrogen functional groups attached to an aromatic ring is 1. The molecule has 3 aromatic rings. The lowest BCUT2D eigenvalue weighted by molar-refractivity contribution is -0.136. The van der Waals surface area contributed by atoms with Crippen molar-refractivity contribution in [1.82, 2.24) is 14.9 Å². The molecule has 1 aliphatic rings. The number of rotatable bonds is 7. The fourth-order valence-corrected chi connectivity index (χ4v) is 4.93. The van der Waals surface area contributed by atoms with Crippen molar-refractivity contribution in [3.63, 3.8) is 0 Å². The van der Waals surface area contributed by atoms with E-state index in [1.54, 1.807) is 14.2 Å². The summed E-state index contributed by atoms with van der Waals surface area (Å²) in [5.41, 5.74) is 11.0. The molecule has 0 saturated carbocycles. The number of nitrogens with one attached hydrogen (secondary N) is 1. The minimum Gasteiger partial charge on any atom is -0.496 e. The van der Waals surface area contributed by atoms with Gasteiger partial charge in [0.1, 0.15) is 24.0 Å². The van der Waals surface area contributed by atoms with E-state index in [1.165, 1.54) is 0 Å². The van der Waals surface area contributed by atoms with E-state index in [0.717, 1.165) is 57.7 Å². The first-order chi connectivity index (χ1) is 16.8. The molecule has 1 atom stereocenters. The fourth-order valence-electron chi connectivity index (χ4n) is 4.93. The normalized spacial score (nSPS) is 15.3. The topological polar surface area (TPSA) is 103 Å². The van der Waals surface area contributed by atoms with Gasteiger partial charge in [-0.1, -0.05) is 6.07 Å². The molecule has 1 amide bonds. The van der Waals surface area contributed by atoms with E-state index in [2.05, 4.69) is 29.4 Å². The number of carbonyl (C=O) groups is 1. The Balaban J connectivity index is 1.66. The monoisotopic (exact) mass is 477 g/mol. The third kappa shape index (κ3) is 5.48. The van der Waals surface area contributed by atoms with Gasteiger partial charge >= 0.3 is 0 Å². The average Bonchev–Trinajstić information content (AvgIpc) is 2.82. The second-order valence-corrected chi connectivity index (χ2v) is 9.36. The summed E-state index contributed by atoms with van der Waals surface area (Å²) in [5.74, 6) is 2.62. The van der Waals surface area contributed by atoms with Crippen LogP contribution in [-0.4, -0.2) is 54.7 Å². The first-order valence-electron chi connectivity index (χ1n) is 12.1. The number of piperidine rings is 1. The van der Waals surface area contributed by atoms with Crippen LogP contribution in [0.25, 0.3) is 10.9 Å². The zero-order chi connectivity index (χ0) is 25.1. The van der Waals surface area contributed by atoms with E-state index >= 15 is 0 Å². The van der Waals surface area contributed by atoms with Crippen molar-refractivity contribution in [3.8, 4) is 5.75 Å². The molecule has 0 bridgehead atoms. The van der Waals surface area contributed by atoms with Gasteiger partial charge in [0.15, 0.2) is 0 Å². The van der Waals surface area contributed by atoms with Crippen LogP contribution < -0.4 is 15.8 Å². The highest BCUT2D eigenvalue weighted by Crippen LogP contribution is 2.38. The van der Waals surface area contributed by atoms with Crippen LogP contribution in [0.1, 0.15) is 54.2 Å². The number of hydrogen-bond acceptors (Lipinski definition) is 7. The number of aromatic nitrogens is 2. The number of ether oxygens (including phenoxy) is 2. The smallest absolute Gasteiger partial charge is 0.248 e. The molecule has 0 aliphatic carbocycles. The SMILES string of the molecule is COCC(=O)N1CCC(c2cc3c(N[C@H](C)c4cc(C)cc(N)c4)nc(C)nc3cc2OC)CC1. The van der Waals surface area contributed by atoms with Gasteiger partial charge in [0.05, 0.1) is 18.7 Å². The number of carbonyl (C=O) groups excluding carboxylic acids is 1. The van der Waals surface area contributed by atoms with Crippen molar-refractivity contribution < 1.29 is 14.3 Å².